The van der Waals surface area contributed by atoms with E-state index in [2.05, 4.69) is 0 Å². The van der Waals surface area contributed by atoms with Gasteiger partial charge >= 0.3 is 12.1 Å². The van der Waals surface area contributed by atoms with Crippen molar-refractivity contribution in [2.24, 2.45) is 5.73 Å². The summed E-state index contributed by atoms with van der Waals surface area (Å²) in [4.78, 5) is 26.2. The Balaban J connectivity index is 1.61. The van der Waals surface area contributed by atoms with Crippen molar-refractivity contribution in [3.63, 3.8) is 0 Å². The molecule has 0 aromatic heterocycles. The standard InChI is InChI=1S/C22H26N2O4/c1-22(2,3)28-21(26)24-13-18(23)19(14-24)27-20(25)17-11-9-16(10-12-17)15-7-5-4-6-8-15/h4-12,18-19H,13-14,23H2,1-3H3/t18-,19-/m0/s1. The van der Waals surface area contributed by atoms with Crippen LogP contribution >= 0.6 is 0 Å². The molecule has 1 aliphatic heterocycles. The number of amides is 1. The fourth-order valence-corrected chi connectivity index (χ4v) is 3.03. The molecule has 0 spiro atoms. The molecule has 2 aromatic rings. The molecule has 1 heterocycles. The van der Waals surface area contributed by atoms with Crippen molar-refractivity contribution in [3.8, 4) is 11.1 Å². The average Bonchev–Trinajstić information content (AvgIpc) is 3.02. The monoisotopic (exact) mass is 382 g/mol. The van der Waals surface area contributed by atoms with E-state index in [0.29, 0.717) is 12.1 Å². The van der Waals surface area contributed by atoms with E-state index in [4.69, 9.17) is 15.2 Å². The van der Waals surface area contributed by atoms with Crippen molar-refractivity contribution in [3.05, 3.63) is 60.2 Å². The van der Waals surface area contributed by atoms with Crippen LogP contribution in [0.3, 0.4) is 0 Å². The first kappa shape index (κ1) is 19.9. The molecule has 1 saturated heterocycles. The summed E-state index contributed by atoms with van der Waals surface area (Å²) in [6.07, 6.45) is -1.01. The number of rotatable bonds is 3. The van der Waals surface area contributed by atoms with E-state index in [1.807, 2.05) is 42.5 Å². The number of nitrogens with zero attached hydrogens (tertiary/aromatic N) is 1. The number of esters is 1. The van der Waals surface area contributed by atoms with Crippen LogP contribution in [0, 0.1) is 0 Å². The Morgan fingerprint density at radius 2 is 1.57 bits per heavy atom. The van der Waals surface area contributed by atoms with Crippen molar-refractivity contribution in [2.45, 2.75) is 38.5 Å². The van der Waals surface area contributed by atoms with Gasteiger partial charge in [-0.1, -0.05) is 42.5 Å². The number of benzene rings is 2. The third-order valence-electron chi connectivity index (χ3n) is 4.45. The first-order chi connectivity index (χ1) is 13.2. The van der Waals surface area contributed by atoms with Crippen LogP contribution in [-0.2, 0) is 9.47 Å². The molecule has 0 aliphatic carbocycles. The quantitative estimate of drug-likeness (QED) is 0.822. The van der Waals surface area contributed by atoms with Gasteiger partial charge < -0.3 is 20.1 Å². The van der Waals surface area contributed by atoms with Crippen molar-refractivity contribution in [1.82, 2.24) is 4.90 Å². The van der Waals surface area contributed by atoms with Gasteiger partial charge in [-0.05, 0) is 44.0 Å². The van der Waals surface area contributed by atoms with Gasteiger partial charge in [0, 0.05) is 6.54 Å². The van der Waals surface area contributed by atoms with Gasteiger partial charge in [0.1, 0.15) is 11.7 Å². The SMILES string of the molecule is CC(C)(C)OC(=O)N1C[C@H](OC(=O)c2ccc(-c3ccccc3)cc2)[C@@H](N)C1. The molecule has 3 rings (SSSR count). The maximum atomic E-state index is 12.5. The maximum absolute atomic E-state index is 12.5. The lowest BCUT2D eigenvalue weighted by atomic mass is 10.0. The molecule has 2 aromatic carbocycles. The second kappa shape index (κ2) is 8.02. The summed E-state index contributed by atoms with van der Waals surface area (Å²) in [5, 5.41) is 0. The highest BCUT2D eigenvalue weighted by Gasteiger charge is 2.37. The third-order valence-corrected chi connectivity index (χ3v) is 4.45. The first-order valence-corrected chi connectivity index (χ1v) is 9.33. The van der Waals surface area contributed by atoms with Crippen molar-refractivity contribution in [1.29, 1.82) is 0 Å². The molecular weight excluding hydrogens is 356 g/mol. The van der Waals surface area contributed by atoms with Crippen molar-refractivity contribution in [2.75, 3.05) is 13.1 Å². The molecule has 28 heavy (non-hydrogen) atoms. The number of ether oxygens (including phenoxy) is 2. The summed E-state index contributed by atoms with van der Waals surface area (Å²) in [6.45, 7) is 5.93. The number of carbonyl (C=O) groups excluding carboxylic acids is 2. The Morgan fingerprint density at radius 3 is 2.18 bits per heavy atom. The van der Waals surface area contributed by atoms with Crippen LogP contribution in [0.2, 0.25) is 0 Å². The second-order valence-corrected chi connectivity index (χ2v) is 7.94. The molecule has 2 atom stereocenters. The molecule has 0 radical (unpaired) electrons. The Hall–Kier alpha value is -2.86. The largest absolute Gasteiger partial charge is 0.455 e. The number of likely N-dealkylation sites (tertiary alicyclic amines) is 1. The van der Waals surface area contributed by atoms with Crippen LogP contribution in [0.25, 0.3) is 11.1 Å². The fraction of sp³-hybridized carbons (Fsp3) is 0.364. The Labute approximate surface area is 165 Å². The summed E-state index contributed by atoms with van der Waals surface area (Å²) in [7, 11) is 0. The van der Waals surface area contributed by atoms with Crippen LogP contribution < -0.4 is 5.73 Å². The molecule has 1 aliphatic rings. The van der Waals surface area contributed by atoms with E-state index >= 15 is 0 Å². The number of nitrogens with two attached hydrogens (primary N) is 1. The lowest BCUT2D eigenvalue weighted by Gasteiger charge is -2.24. The zero-order chi connectivity index (χ0) is 20.3. The van der Waals surface area contributed by atoms with Gasteiger partial charge in [-0.2, -0.15) is 0 Å². The first-order valence-electron chi connectivity index (χ1n) is 9.33. The average molecular weight is 382 g/mol. The molecule has 6 heteroatoms. The van der Waals surface area contributed by atoms with E-state index in [-0.39, 0.29) is 6.54 Å². The highest BCUT2D eigenvalue weighted by molar-refractivity contribution is 5.90. The predicted molar refractivity (Wildman–Crippen MR) is 107 cm³/mol. The number of carbonyl (C=O) groups is 2. The van der Waals surface area contributed by atoms with Gasteiger partial charge in [0.05, 0.1) is 18.2 Å². The smallest absolute Gasteiger partial charge is 0.410 e. The molecule has 6 nitrogen and oxygen atoms in total. The Kier molecular flexibility index (Phi) is 5.70. The Bertz CT molecular complexity index is 828. The summed E-state index contributed by atoms with van der Waals surface area (Å²) in [5.41, 5.74) is 8.03. The van der Waals surface area contributed by atoms with Crippen LogP contribution in [0.5, 0.6) is 0 Å². The zero-order valence-corrected chi connectivity index (χ0v) is 16.4. The summed E-state index contributed by atoms with van der Waals surface area (Å²) in [5.74, 6) is -0.453. The van der Waals surface area contributed by atoms with Gasteiger partial charge in [-0.15, -0.1) is 0 Å². The van der Waals surface area contributed by atoms with Crippen LogP contribution in [0.1, 0.15) is 31.1 Å². The van der Waals surface area contributed by atoms with E-state index < -0.39 is 29.8 Å². The number of hydrogen-bond acceptors (Lipinski definition) is 5. The van der Waals surface area contributed by atoms with E-state index in [1.165, 1.54) is 4.90 Å². The van der Waals surface area contributed by atoms with E-state index in [1.54, 1.807) is 32.9 Å². The third kappa shape index (κ3) is 4.89. The Morgan fingerprint density at radius 1 is 0.964 bits per heavy atom. The van der Waals surface area contributed by atoms with Gasteiger partial charge in [-0.25, -0.2) is 9.59 Å². The minimum absolute atomic E-state index is 0.226. The normalized spacial score (nSPS) is 19.4. The van der Waals surface area contributed by atoms with Crippen LogP contribution in [0.4, 0.5) is 4.79 Å². The highest BCUT2D eigenvalue weighted by atomic mass is 16.6. The molecular formula is C22H26N2O4. The second-order valence-electron chi connectivity index (χ2n) is 7.94. The van der Waals surface area contributed by atoms with Crippen LogP contribution in [-0.4, -0.2) is 47.8 Å². The molecule has 1 fully saturated rings. The summed E-state index contributed by atoms with van der Waals surface area (Å²) >= 11 is 0. The predicted octanol–water partition coefficient (Wildman–Crippen LogP) is 3.46. The van der Waals surface area contributed by atoms with Gasteiger partial charge in [0.2, 0.25) is 0 Å². The number of hydrogen-bond donors (Lipinski definition) is 1. The maximum Gasteiger partial charge on any atom is 0.410 e. The highest BCUT2D eigenvalue weighted by Crippen LogP contribution is 2.21. The molecule has 2 N–H and O–H groups in total. The molecule has 0 unspecified atom stereocenters. The van der Waals surface area contributed by atoms with E-state index in [9.17, 15) is 9.59 Å². The topological polar surface area (TPSA) is 81.9 Å². The van der Waals surface area contributed by atoms with Crippen molar-refractivity contribution >= 4 is 12.1 Å². The van der Waals surface area contributed by atoms with Crippen LogP contribution in [0.15, 0.2) is 54.6 Å². The molecule has 148 valence electrons. The zero-order valence-electron chi connectivity index (χ0n) is 16.4. The van der Waals surface area contributed by atoms with Crippen molar-refractivity contribution < 1.29 is 19.1 Å². The minimum atomic E-state index is -0.587. The van der Waals surface area contributed by atoms with E-state index in [0.717, 1.165) is 11.1 Å². The van der Waals surface area contributed by atoms with Gasteiger partial charge in [0.15, 0.2) is 0 Å². The van der Waals surface area contributed by atoms with Gasteiger partial charge in [0.25, 0.3) is 0 Å². The lowest BCUT2D eigenvalue weighted by Crippen LogP contribution is -2.37. The molecule has 0 saturated carbocycles. The molecule has 1 amide bonds. The minimum Gasteiger partial charge on any atom is -0.455 e. The summed E-state index contributed by atoms with van der Waals surface area (Å²) < 4.78 is 10.9. The fourth-order valence-electron chi connectivity index (χ4n) is 3.03. The summed E-state index contributed by atoms with van der Waals surface area (Å²) in [6, 6.07) is 16.7. The van der Waals surface area contributed by atoms with Gasteiger partial charge in [-0.3, -0.25) is 0 Å². The molecule has 0 bridgehead atoms. The lowest BCUT2D eigenvalue weighted by molar-refractivity contribution is 0.0184.